The van der Waals surface area contributed by atoms with E-state index in [0.29, 0.717) is 29.3 Å². The minimum atomic E-state index is -0.598. The second-order valence-electron chi connectivity index (χ2n) is 6.75. The number of methoxy groups -OCH3 is 1. The van der Waals surface area contributed by atoms with Crippen molar-refractivity contribution in [1.29, 1.82) is 0 Å². The van der Waals surface area contributed by atoms with Crippen molar-refractivity contribution in [2.24, 2.45) is 0 Å². The van der Waals surface area contributed by atoms with Gasteiger partial charge in [-0.3, -0.25) is 9.59 Å². The summed E-state index contributed by atoms with van der Waals surface area (Å²) in [6.07, 6.45) is 1.48. The van der Waals surface area contributed by atoms with Crippen LogP contribution in [0.1, 0.15) is 44.6 Å². The second-order valence-corrected chi connectivity index (χ2v) is 7.67. The Kier molecular flexibility index (Phi) is 6.51. The molecule has 0 saturated heterocycles. The fourth-order valence-corrected chi connectivity index (χ4v) is 3.46. The number of hydrogen-bond donors (Lipinski definition) is 2. The van der Waals surface area contributed by atoms with Crippen LogP contribution < -0.4 is 5.32 Å². The third-order valence-electron chi connectivity index (χ3n) is 4.64. The summed E-state index contributed by atoms with van der Waals surface area (Å²) in [5, 5.41) is 7.07. The lowest BCUT2D eigenvalue weighted by molar-refractivity contribution is -0.115. The number of benzene rings is 1. The number of aromatic amines is 1. The van der Waals surface area contributed by atoms with Crippen molar-refractivity contribution in [3.05, 3.63) is 69.1 Å². The smallest absolute Gasteiger partial charge is 0.339 e. The van der Waals surface area contributed by atoms with Crippen molar-refractivity contribution < 1.29 is 19.1 Å². The summed E-state index contributed by atoms with van der Waals surface area (Å²) in [5.74, 6) is -0.650. The molecule has 30 heavy (non-hydrogen) atoms. The highest BCUT2D eigenvalue weighted by atomic mass is 79.9. The molecular formula is C21H21BrN4O4. The number of Topliss-reactive ketones (excluding diaryl/α,β-unsaturated/α-hetero) is 1. The maximum atomic E-state index is 12.7. The normalized spacial score (nSPS) is 10.7. The van der Waals surface area contributed by atoms with Gasteiger partial charge >= 0.3 is 5.97 Å². The van der Waals surface area contributed by atoms with Crippen LogP contribution in [0.4, 0.5) is 5.82 Å². The van der Waals surface area contributed by atoms with Crippen LogP contribution in [0.15, 0.2) is 41.0 Å². The maximum absolute atomic E-state index is 12.7. The van der Waals surface area contributed by atoms with Gasteiger partial charge in [0, 0.05) is 23.2 Å². The standard InChI is InChI=1S/C21H21BrN4O4/c1-12-19(21(29)30-3)16(24-20(12)13(2)27)10-18(28)25-17-8-9-23-26(17)11-14-4-6-15(22)7-5-14/h4-9,24H,10-11H2,1-3H3,(H,25,28). The quantitative estimate of drug-likeness (QED) is 0.404. The Morgan fingerprint density at radius 2 is 1.90 bits per heavy atom. The third-order valence-corrected chi connectivity index (χ3v) is 5.16. The van der Waals surface area contributed by atoms with Crippen molar-refractivity contribution in [1.82, 2.24) is 14.8 Å². The fraction of sp³-hybridized carbons (Fsp3) is 0.238. The SMILES string of the molecule is COC(=O)c1c(CC(=O)Nc2ccnn2Cc2ccc(Br)cc2)[nH]c(C(C)=O)c1C. The molecule has 156 valence electrons. The molecule has 0 aliphatic carbocycles. The fourth-order valence-electron chi connectivity index (χ4n) is 3.20. The lowest BCUT2D eigenvalue weighted by Crippen LogP contribution is -2.19. The van der Waals surface area contributed by atoms with Crippen LogP contribution in [0.25, 0.3) is 0 Å². The van der Waals surface area contributed by atoms with E-state index in [4.69, 9.17) is 4.74 Å². The Morgan fingerprint density at radius 3 is 2.53 bits per heavy atom. The number of H-pyrrole nitrogens is 1. The molecule has 1 aromatic carbocycles. The molecule has 9 heteroatoms. The Balaban J connectivity index is 1.78. The highest BCUT2D eigenvalue weighted by Gasteiger charge is 2.24. The van der Waals surface area contributed by atoms with Gasteiger partial charge in [0.05, 0.1) is 37.5 Å². The van der Waals surface area contributed by atoms with Crippen LogP contribution >= 0.6 is 15.9 Å². The Hall–Kier alpha value is -3.20. The van der Waals surface area contributed by atoms with Gasteiger partial charge in [-0.15, -0.1) is 0 Å². The first-order valence-electron chi connectivity index (χ1n) is 9.17. The number of hydrogen-bond acceptors (Lipinski definition) is 5. The number of halogens is 1. The first-order valence-corrected chi connectivity index (χ1v) is 9.96. The molecular weight excluding hydrogens is 452 g/mol. The van der Waals surface area contributed by atoms with Crippen LogP contribution in [0.2, 0.25) is 0 Å². The molecule has 0 radical (unpaired) electrons. The Morgan fingerprint density at radius 1 is 1.20 bits per heavy atom. The molecule has 0 aliphatic rings. The van der Waals surface area contributed by atoms with E-state index < -0.39 is 5.97 Å². The number of amides is 1. The maximum Gasteiger partial charge on any atom is 0.339 e. The molecule has 1 amide bonds. The largest absolute Gasteiger partial charge is 0.465 e. The van der Waals surface area contributed by atoms with Gasteiger partial charge in [0.15, 0.2) is 5.78 Å². The number of aromatic nitrogens is 3. The van der Waals surface area contributed by atoms with E-state index in [1.165, 1.54) is 14.0 Å². The molecule has 0 bridgehead atoms. The summed E-state index contributed by atoms with van der Waals surface area (Å²) < 4.78 is 7.46. The summed E-state index contributed by atoms with van der Waals surface area (Å²) in [7, 11) is 1.26. The zero-order chi connectivity index (χ0) is 21.8. The lowest BCUT2D eigenvalue weighted by atomic mass is 10.1. The molecule has 3 aromatic rings. The van der Waals surface area contributed by atoms with Crippen LogP contribution in [0.3, 0.4) is 0 Å². The molecule has 0 spiro atoms. The number of ether oxygens (including phenoxy) is 1. The molecule has 0 atom stereocenters. The molecule has 8 nitrogen and oxygen atoms in total. The summed E-state index contributed by atoms with van der Waals surface area (Å²) in [5.41, 5.74) is 2.33. The Bertz CT molecular complexity index is 1100. The van der Waals surface area contributed by atoms with Crippen molar-refractivity contribution in [2.75, 3.05) is 12.4 Å². The average Bonchev–Trinajstić information content (AvgIpc) is 3.27. The number of nitrogens with one attached hydrogen (secondary N) is 2. The average molecular weight is 473 g/mol. The summed E-state index contributed by atoms with van der Waals surface area (Å²) in [4.78, 5) is 39.6. The zero-order valence-electron chi connectivity index (χ0n) is 16.8. The minimum Gasteiger partial charge on any atom is -0.465 e. The molecule has 2 N–H and O–H groups in total. The van der Waals surface area contributed by atoms with Gasteiger partial charge in [-0.25, -0.2) is 9.48 Å². The minimum absolute atomic E-state index is 0.123. The van der Waals surface area contributed by atoms with Crippen molar-refractivity contribution >= 4 is 39.4 Å². The number of carbonyl (C=O) groups excluding carboxylic acids is 3. The number of ketones is 1. The van der Waals surface area contributed by atoms with E-state index in [1.807, 2.05) is 24.3 Å². The molecule has 0 saturated carbocycles. The number of nitrogens with zero attached hydrogens (tertiary/aromatic N) is 2. The van der Waals surface area contributed by atoms with E-state index in [1.54, 1.807) is 23.9 Å². The van der Waals surface area contributed by atoms with E-state index >= 15 is 0 Å². The number of carbonyl (C=O) groups is 3. The summed E-state index contributed by atoms with van der Waals surface area (Å²) in [6, 6.07) is 9.49. The predicted octanol–water partition coefficient (Wildman–Crippen LogP) is 3.50. The predicted molar refractivity (Wildman–Crippen MR) is 115 cm³/mol. The van der Waals surface area contributed by atoms with Gasteiger partial charge in [0.2, 0.25) is 5.91 Å². The first kappa shape index (κ1) is 21.5. The summed E-state index contributed by atoms with van der Waals surface area (Å²) >= 11 is 3.40. The van der Waals surface area contributed by atoms with Crippen LogP contribution in [0, 0.1) is 6.92 Å². The van der Waals surface area contributed by atoms with Gasteiger partial charge in [-0.05, 0) is 30.2 Å². The van der Waals surface area contributed by atoms with Gasteiger partial charge in [0.25, 0.3) is 0 Å². The Labute approximate surface area is 181 Å². The van der Waals surface area contributed by atoms with E-state index in [-0.39, 0.29) is 23.7 Å². The van der Waals surface area contributed by atoms with Crippen molar-refractivity contribution in [3.8, 4) is 0 Å². The van der Waals surface area contributed by atoms with Crippen molar-refractivity contribution in [3.63, 3.8) is 0 Å². The number of esters is 1. The van der Waals surface area contributed by atoms with Gasteiger partial charge in [-0.2, -0.15) is 5.10 Å². The third kappa shape index (κ3) is 4.68. The van der Waals surface area contributed by atoms with Crippen LogP contribution in [-0.2, 0) is 22.5 Å². The molecule has 0 fully saturated rings. The van der Waals surface area contributed by atoms with Crippen LogP contribution in [-0.4, -0.2) is 39.5 Å². The number of anilines is 1. The molecule has 0 aliphatic heterocycles. The highest BCUT2D eigenvalue weighted by Crippen LogP contribution is 2.21. The summed E-state index contributed by atoms with van der Waals surface area (Å²) in [6.45, 7) is 3.53. The molecule has 2 aromatic heterocycles. The van der Waals surface area contributed by atoms with Gasteiger partial charge in [0.1, 0.15) is 5.82 Å². The van der Waals surface area contributed by atoms with Crippen LogP contribution in [0.5, 0.6) is 0 Å². The monoisotopic (exact) mass is 472 g/mol. The molecule has 0 unspecified atom stereocenters. The topological polar surface area (TPSA) is 106 Å². The van der Waals surface area contributed by atoms with Gasteiger partial charge < -0.3 is 15.0 Å². The highest BCUT2D eigenvalue weighted by molar-refractivity contribution is 9.10. The van der Waals surface area contributed by atoms with E-state index in [2.05, 4.69) is 31.3 Å². The lowest BCUT2D eigenvalue weighted by Gasteiger charge is -2.10. The van der Waals surface area contributed by atoms with E-state index in [0.717, 1.165) is 10.0 Å². The van der Waals surface area contributed by atoms with Gasteiger partial charge in [-0.1, -0.05) is 28.1 Å². The van der Waals surface area contributed by atoms with E-state index in [9.17, 15) is 14.4 Å². The zero-order valence-corrected chi connectivity index (χ0v) is 18.4. The first-order chi connectivity index (χ1) is 14.3. The van der Waals surface area contributed by atoms with Crippen molar-refractivity contribution in [2.45, 2.75) is 26.8 Å². The number of rotatable bonds is 7. The molecule has 2 heterocycles. The second kappa shape index (κ2) is 9.08. The molecule has 3 rings (SSSR count).